The van der Waals surface area contributed by atoms with Crippen molar-refractivity contribution in [1.29, 1.82) is 0 Å². The molecular weight excluding hydrogens is 252 g/mol. The van der Waals surface area contributed by atoms with Gasteiger partial charge in [-0.1, -0.05) is 19.1 Å². The highest BCUT2D eigenvalue weighted by atomic mass is 16.3. The summed E-state index contributed by atoms with van der Waals surface area (Å²) in [5.74, 6) is 0.870. The summed E-state index contributed by atoms with van der Waals surface area (Å²) in [7, 11) is 0. The van der Waals surface area contributed by atoms with E-state index in [2.05, 4.69) is 12.2 Å². The second kappa shape index (κ2) is 6.64. The van der Waals surface area contributed by atoms with Gasteiger partial charge in [-0.2, -0.15) is 0 Å². The Labute approximate surface area is 120 Å². The van der Waals surface area contributed by atoms with Gasteiger partial charge in [0.2, 0.25) is 0 Å². The quantitative estimate of drug-likeness (QED) is 0.892. The van der Waals surface area contributed by atoms with E-state index >= 15 is 0 Å². The van der Waals surface area contributed by atoms with Crippen molar-refractivity contribution in [2.45, 2.75) is 39.2 Å². The number of hydrogen-bond donors (Lipinski definition) is 2. The second-order valence-corrected chi connectivity index (χ2v) is 5.91. The van der Waals surface area contributed by atoms with E-state index in [1.165, 1.54) is 6.42 Å². The maximum atomic E-state index is 12.2. The van der Waals surface area contributed by atoms with Crippen molar-refractivity contribution in [3.63, 3.8) is 0 Å². The SMILES string of the molecule is CC1CCCN(C(=O)NC(C)Cc2ccc(O)cc2)C1. The molecule has 4 heteroatoms. The number of nitrogens with one attached hydrogen (secondary N) is 1. The summed E-state index contributed by atoms with van der Waals surface area (Å²) < 4.78 is 0. The summed E-state index contributed by atoms with van der Waals surface area (Å²) in [6.45, 7) is 5.93. The van der Waals surface area contributed by atoms with Crippen LogP contribution < -0.4 is 5.32 Å². The van der Waals surface area contributed by atoms with Crippen LogP contribution in [0.25, 0.3) is 0 Å². The number of likely N-dealkylation sites (tertiary alicyclic amines) is 1. The second-order valence-electron chi connectivity index (χ2n) is 5.91. The number of carbonyl (C=O) groups excluding carboxylic acids is 1. The maximum Gasteiger partial charge on any atom is 0.317 e. The van der Waals surface area contributed by atoms with Crippen LogP contribution in [0.15, 0.2) is 24.3 Å². The van der Waals surface area contributed by atoms with Crippen molar-refractivity contribution in [2.24, 2.45) is 5.92 Å². The number of phenolic OH excluding ortho intramolecular Hbond substituents is 1. The average molecular weight is 276 g/mol. The van der Waals surface area contributed by atoms with E-state index in [-0.39, 0.29) is 17.8 Å². The highest BCUT2D eigenvalue weighted by Gasteiger charge is 2.21. The molecule has 1 saturated heterocycles. The number of phenols is 1. The molecule has 110 valence electrons. The molecule has 1 aliphatic heterocycles. The molecule has 1 fully saturated rings. The van der Waals surface area contributed by atoms with E-state index in [9.17, 15) is 9.90 Å². The van der Waals surface area contributed by atoms with Gasteiger partial charge in [0.15, 0.2) is 0 Å². The molecule has 20 heavy (non-hydrogen) atoms. The molecule has 0 radical (unpaired) electrons. The Hall–Kier alpha value is -1.71. The summed E-state index contributed by atoms with van der Waals surface area (Å²) in [4.78, 5) is 14.1. The lowest BCUT2D eigenvalue weighted by Gasteiger charge is -2.32. The molecular formula is C16H24N2O2. The van der Waals surface area contributed by atoms with Gasteiger partial charge in [0.05, 0.1) is 0 Å². The number of hydrogen-bond acceptors (Lipinski definition) is 2. The lowest BCUT2D eigenvalue weighted by Crippen LogP contribution is -2.48. The van der Waals surface area contributed by atoms with Crippen LogP contribution in [0, 0.1) is 5.92 Å². The van der Waals surface area contributed by atoms with Gasteiger partial charge in [0, 0.05) is 19.1 Å². The van der Waals surface area contributed by atoms with E-state index < -0.39 is 0 Å². The molecule has 0 aromatic heterocycles. The van der Waals surface area contributed by atoms with Gasteiger partial charge >= 0.3 is 6.03 Å². The smallest absolute Gasteiger partial charge is 0.317 e. The molecule has 1 aromatic rings. The van der Waals surface area contributed by atoms with Crippen molar-refractivity contribution >= 4 is 6.03 Å². The number of carbonyl (C=O) groups is 1. The minimum atomic E-state index is 0.0443. The molecule has 2 atom stereocenters. The first-order valence-corrected chi connectivity index (χ1v) is 7.38. The molecule has 0 aliphatic carbocycles. The zero-order valence-electron chi connectivity index (χ0n) is 12.3. The largest absolute Gasteiger partial charge is 0.508 e. The monoisotopic (exact) mass is 276 g/mol. The molecule has 2 amide bonds. The number of nitrogens with zero attached hydrogens (tertiary/aromatic N) is 1. The van der Waals surface area contributed by atoms with E-state index in [0.717, 1.165) is 31.5 Å². The summed E-state index contributed by atoms with van der Waals surface area (Å²) in [6.07, 6.45) is 3.09. The molecule has 2 rings (SSSR count). The first-order chi connectivity index (χ1) is 9.54. The molecule has 4 nitrogen and oxygen atoms in total. The van der Waals surface area contributed by atoms with Crippen LogP contribution >= 0.6 is 0 Å². The molecule has 0 spiro atoms. The van der Waals surface area contributed by atoms with Crippen LogP contribution in [0.4, 0.5) is 4.79 Å². The Bertz CT molecular complexity index is 444. The Morgan fingerprint density at radius 2 is 2.15 bits per heavy atom. The Morgan fingerprint density at radius 3 is 2.80 bits per heavy atom. The standard InChI is InChI=1S/C16H24N2O2/c1-12-4-3-9-18(11-12)16(20)17-13(2)10-14-5-7-15(19)8-6-14/h5-8,12-13,19H,3-4,9-11H2,1-2H3,(H,17,20). The van der Waals surface area contributed by atoms with E-state index in [1.807, 2.05) is 24.0 Å². The molecule has 1 aromatic carbocycles. The van der Waals surface area contributed by atoms with Crippen LogP contribution in [0.5, 0.6) is 5.75 Å². The summed E-state index contributed by atoms with van der Waals surface area (Å²) in [5, 5.41) is 12.3. The third kappa shape index (κ3) is 4.15. The van der Waals surface area contributed by atoms with Crippen LogP contribution in [0.2, 0.25) is 0 Å². The number of rotatable bonds is 3. The van der Waals surface area contributed by atoms with Crippen molar-refractivity contribution in [1.82, 2.24) is 10.2 Å². The highest BCUT2D eigenvalue weighted by Crippen LogP contribution is 2.16. The minimum Gasteiger partial charge on any atom is -0.508 e. The van der Waals surface area contributed by atoms with E-state index in [4.69, 9.17) is 0 Å². The topological polar surface area (TPSA) is 52.6 Å². The van der Waals surface area contributed by atoms with Gasteiger partial charge < -0.3 is 15.3 Å². The van der Waals surface area contributed by atoms with E-state index in [1.54, 1.807) is 12.1 Å². The molecule has 1 aliphatic rings. The van der Waals surface area contributed by atoms with Crippen molar-refractivity contribution < 1.29 is 9.90 Å². The lowest BCUT2D eigenvalue weighted by atomic mass is 10.0. The van der Waals surface area contributed by atoms with Gasteiger partial charge in [-0.3, -0.25) is 0 Å². The number of urea groups is 1. The molecule has 1 heterocycles. The van der Waals surface area contributed by atoms with Crippen LogP contribution in [-0.2, 0) is 6.42 Å². The van der Waals surface area contributed by atoms with Crippen molar-refractivity contribution in [3.05, 3.63) is 29.8 Å². The predicted octanol–water partition coefficient (Wildman–Crippen LogP) is 2.76. The molecule has 2 N–H and O–H groups in total. The highest BCUT2D eigenvalue weighted by molar-refractivity contribution is 5.74. The molecule has 2 unspecified atom stereocenters. The van der Waals surface area contributed by atoms with Gasteiger partial charge in [0.25, 0.3) is 0 Å². The number of amides is 2. The fraction of sp³-hybridized carbons (Fsp3) is 0.562. The first kappa shape index (κ1) is 14.7. The summed E-state index contributed by atoms with van der Waals surface area (Å²) in [6, 6.07) is 7.26. The number of benzene rings is 1. The molecule has 0 saturated carbocycles. The molecule has 0 bridgehead atoms. The Kier molecular flexibility index (Phi) is 4.88. The van der Waals surface area contributed by atoms with Crippen molar-refractivity contribution in [2.75, 3.05) is 13.1 Å². The number of piperidine rings is 1. The fourth-order valence-electron chi connectivity index (χ4n) is 2.71. The van der Waals surface area contributed by atoms with E-state index in [0.29, 0.717) is 5.92 Å². The van der Waals surface area contributed by atoms with Gasteiger partial charge in [-0.15, -0.1) is 0 Å². The zero-order valence-corrected chi connectivity index (χ0v) is 12.3. The van der Waals surface area contributed by atoms with Crippen molar-refractivity contribution in [3.8, 4) is 5.75 Å². The summed E-state index contributed by atoms with van der Waals surface area (Å²) in [5.41, 5.74) is 1.11. The average Bonchev–Trinajstić information content (AvgIpc) is 2.41. The predicted molar refractivity (Wildman–Crippen MR) is 79.8 cm³/mol. The van der Waals surface area contributed by atoms with Gasteiger partial charge in [-0.05, 0) is 49.8 Å². The third-order valence-corrected chi connectivity index (χ3v) is 3.79. The normalized spacial score (nSPS) is 20.5. The number of aromatic hydroxyl groups is 1. The van der Waals surface area contributed by atoms with Gasteiger partial charge in [-0.25, -0.2) is 4.79 Å². The minimum absolute atomic E-state index is 0.0443. The zero-order chi connectivity index (χ0) is 14.5. The Balaban J connectivity index is 1.82. The lowest BCUT2D eigenvalue weighted by molar-refractivity contribution is 0.167. The maximum absolute atomic E-state index is 12.2. The van der Waals surface area contributed by atoms with Crippen LogP contribution in [0.3, 0.4) is 0 Å². The van der Waals surface area contributed by atoms with Crippen LogP contribution in [-0.4, -0.2) is 35.2 Å². The summed E-state index contributed by atoms with van der Waals surface area (Å²) >= 11 is 0. The van der Waals surface area contributed by atoms with Crippen LogP contribution in [0.1, 0.15) is 32.3 Å². The van der Waals surface area contributed by atoms with Gasteiger partial charge in [0.1, 0.15) is 5.75 Å². The fourth-order valence-corrected chi connectivity index (χ4v) is 2.71. The Morgan fingerprint density at radius 1 is 1.45 bits per heavy atom. The third-order valence-electron chi connectivity index (χ3n) is 3.79. The first-order valence-electron chi connectivity index (χ1n) is 7.38.